The van der Waals surface area contributed by atoms with Crippen LogP contribution in [0.2, 0.25) is 0 Å². The number of ether oxygens (including phenoxy) is 1. The lowest BCUT2D eigenvalue weighted by Crippen LogP contribution is -1.89. The summed E-state index contributed by atoms with van der Waals surface area (Å²) in [4.78, 5) is 0. The zero-order chi connectivity index (χ0) is 14.9. The lowest BCUT2D eigenvalue weighted by atomic mass is 9.96. The maximum Gasteiger partial charge on any atom is 0.118 e. The van der Waals surface area contributed by atoms with Crippen LogP contribution in [0, 0.1) is 0 Å². The number of unbranched alkanes of at least 4 members (excludes halogenated alkanes) is 3. The first-order valence-corrected chi connectivity index (χ1v) is 7.75. The molecule has 110 valence electrons. The number of methoxy groups -OCH3 is 1. The van der Waals surface area contributed by atoms with Gasteiger partial charge in [0.2, 0.25) is 0 Å². The SMILES string of the molecule is CCCCC/C=C(/c1ccccc1)c1ccc(OC)cc1. The third-order valence-corrected chi connectivity index (χ3v) is 3.64. The fourth-order valence-electron chi connectivity index (χ4n) is 2.43. The average molecular weight is 280 g/mol. The second kappa shape index (κ2) is 8.31. The van der Waals surface area contributed by atoms with E-state index < -0.39 is 0 Å². The number of hydrogen-bond donors (Lipinski definition) is 0. The second-order valence-electron chi connectivity index (χ2n) is 5.21. The Morgan fingerprint density at radius 1 is 0.905 bits per heavy atom. The molecule has 0 aliphatic heterocycles. The molecule has 0 N–H and O–H groups in total. The van der Waals surface area contributed by atoms with E-state index in [0.717, 1.165) is 12.2 Å². The topological polar surface area (TPSA) is 9.23 Å². The van der Waals surface area contributed by atoms with E-state index in [-0.39, 0.29) is 0 Å². The molecule has 0 heterocycles. The summed E-state index contributed by atoms with van der Waals surface area (Å²) in [6.45, 7) is 2.24. The fraction of sp³-hybridized carbons (Fsp3) is 0.300. The number of rotatable bonds is 7. The fourth-order valence-corrected chi connectivity index (χ4v) is 2.43. The zero-order valence-electron chi connectivity index (χ0n) is 13.0. The molecule has 0 atom stereocenters. The molecule has 0 unspecified atom stereocenters. The maximum absolute atomic E-state index is 5.25. The van der Waals surface area contributed by atoms with Gasteiger partial charge >= 0.3 is 0 Å². The van der Waals surface area contributed by atoms with Crippen molar-refractivity contribution in [3.8, 4) is 5.75 Å². The highest BCUT2D eigenvalue weighted by Gasteiger charge is 2.04. The van der Waals surface area contributed by atoms with Gasteiger partial charge in [-0.2, -0.15) is 0 Å². The first-order chi connectivity index (χ1) is 10.3. The Morgan fingerprint density at radius 3 is 2.19 bits per heavy atom. The monoisotopic (exact) mass is 280 g/mol. The van der Waals surface area contributed by atoms with Crippen LogP contribution in [-0.4, -0.2) is 7.11 Å². The van der Waals surface area contributed by atoms with Crippen LogP contribution in [0.1, 0.15) is 43.7 Å². The van der Waals surface area contributed by atoms with Gasteiger partial charge in [0.15, 0.2) is 0 Å². The van der Waals surface area contributed by atoms with E-state index in [4.69, 9.17) is 4.74 Å². The van der Waals surface area contributed by atoms with Crippen LogP contribution in [-0.2, 0) is 0 Å². The van der Waals surface area contributed by atoms with Crippen molar-refractivity contribution in [2.45, 2.75) is 32.6 Å². The summed E-state index contributed by atoms with van der Waals surface area (Å²) in [6, 6.07) is 18.9. The highest BCUT2D eigenvalue weighted by Crippen LogP contribution is 2.26. The van der Waals surface area contributed by atoms with Crippen LogP contribution in [0.15, 0.2) is 60.7 Å². The summed E-state index contributed by atoms with van der Waals surface area (Å²) in [7, 11) is 1.70. The lowest BCUT2D eigenvalue weighted by Gasteiger charge is -2.10. The minimum atomic E-state index is 0.900. The molecular formula is C20H24O. The number of allylic oxidation sites excluding steroid dienone is 1. The average Bonchev–Trinajstić information content (AvgIpc) is 2.56. The Labute approximate surface area is 128 Å². The largest absolute Gasteiger partial charge is 0.497 e. The predicted molar refractivity (Wildman–Crippen MR) is 90.7 cm³/mol. The van der Waals surface area contributed by atoms with Crippen LogP contribution < -0.4 is 4.74 Å². The molecule has 1 nitrogen and oxygen atoms in total. The minimum Gasteiger partial charge on any atom is -0.497 e. The van der Waals surface area contributed by atoms with Gasteiger partial charge in [0, 0.05) is 0 Å². The third-order valence-electron chi connectivity index (χ3n) is 3.64. The smallest absolute Gasteiger partial charge is 0.118 e. The second-order valence-corrected chi connectivity index (χ2v) is 5.21. The molecule has 2 rings (SSSR count). The van der Waals surface area contributed by atoms with Gasteiger partial charge in [-0.15, -0.1) is 0 Å². The minimum absolute atomic E-state index is 0.900. The van der Waals surface area contributed by atoms with Gasteiger partial charge in [0.25, 0.3) is 0 Å². The van der Waals surface area contributed by atoms with Crippen molar-refractivity contribution in [1.29, 1.82) is 0 Å². The normalized spacial score (nSPS) is 11.4. The molecular weight excluding hydrogens is 256 g/mol. The van der Waals surface area contributed by atoms with Crippen molar-refractivity contribution in [2.24, 2.45) is 0 Å². The Morgan fingerprint density at radius 2 is 1.57 bits per heavy atom. The van der Waals surface area contributed by atoms with Gasteiger partial charge in [-0.3, -0.25) is 0 Å². The standard InChI is InChI=1S/C20H24O/c1-3-4-5-9-12-20(17-10-7-6-8-11-17)18-13-15-19(21-2)16-14-18/h6-8,10-16H,3-5,9H2,1-2H3/b20-12-. The molecule has 0 bridgehead atoms. The summed E-state index contributed by atoms with van der Waals surface area (Å²) >= 11 is 0. The molecule has 0 aromatic heterocycles. The highest BCUT2D eigenvalue weighted by atomic mass is 16.5. The summed E-state index contributed by atoms with van der Waals surface area (Å²) in [6.07, 6.45) is 7.30. The number of hydrogen-bond acceptors (Lipinski definition) is 1. The lowest BCUT2D eigenvalue weighted by molar-refractivity contribution is 0.415. The van der Waals surface area contributed by atoms with Crippen molar-refractivity contribution in [3.63, 3.8) is 0 Å². The van der Waals surface area contributed by atoms with Crippen molar-refractivity contribution in [2.75, 3.05) is 7.11 Å². The van der Waals surface area contributed by atoms with Crippen LogP contribution in [0.3, 0.4) is 0 Å². The summed E-state index contributed by atoms with van der Waals surface area (Å²) < 4.78 is 5.25. The van der Waals surface area contributed by atoms with E-state index in [2.05, 4.69) is 55.5 Å². The molecule has 2 aromatic carbocycles. The van der Waals surface area contributed by atoms with Gasteiger partial charge in [-0.25, -0.2) is 0 Å². The van der Waals surface area contributed by atoms with Crippen molar-refractivity contribution in [3.05, 3.63) is 71.8 Å². The predicted octanol–water partition coefficient (Wildman–Crippen LogP) is 5.71. The molecule has 2 aromatic rings. The molecule has 0 spiro atoms. The van der Waals surface area contributed by atoms with E-state index in [1.165, 1.54) is 36.0 Å². The Balaban J connectivity index is 2.26. The number of benzene rings is 2. The van der Waals surface area contributed by atoms with Crippen LogP contribution in [0.25, 0.3) is 5.57 Å². The van der Waals surface area contributed by atoms with E-state index in [9.17, 15) is 0 Å². The van der Waals surface area contributed by atoms with E-state index in [1.807, 2.05) is 12.1 Å². The Bertz CT molecular complexity index is 552. The van der Waals surface area contributed by atoms with Gasteiger partial charge < -0.3 is 4.74 Å². The molecule has 0 aliphatic carbocycles. The Kier molecular flexibility index (Phi) is 6.08. The van der Waals surface area contributed by atoms with Crippen LogP contribution in [0.5, 0.6) is 5.75 Å². The third kappa shape index (κ3) is 4.49. The molecule has 21 heavy (non-hydrogen) atoms. The summed E-state index contributed by atoms with van der Waals surface area (Å²) in [5, 5.41) is 0. The maximum atomic E-state index is 5.25. The summed E-state index contributed by atoms with van der Waals surface area (Å²) in [5.74, 6) is 0.900. The van der Waals surface area contributed by atoms with Crippen LogP contribution >= 0.6 is 0 Å². The molecule has 0 saturated carbocycles. The highest BCUT2D eigenvalue weighted by molar-refractivity contribution is 5.79. The first kappa shape index (κ1) is 15.4. The van der Waals surface area contributed by atoms with E-state index in [0.29, 0.717) is 0 Å². The van der Waals surface area contributed by atoms with Crippen molar-refractivity contribution >= 4 is 5.57 Å². The van der Waals surface area contributed by atoms with Crippen molar-refractivity contribution < 1.29 is 4.74 Å². The molecule has 1 heteroatoms. The molecule has 0 amide bonds. The molecule has 0 aliphatic rings. The molecule has 0 saturated heterocycles. The molecule has 0 radical (unpaired) electrons. The molecule has 0 fully saturated rings. The van der Waals surface area contributed by atoms with Gasteiger partial charge in [0.05, 0.1) is 7.11 Å². The first-order valence-electron chi connectivity index (χ1n) is 7.75. The summed E-state index contributed by atoms with van der Waals surface area (Å²) in [5.41, 5.74) is 3.84. The van der Waals surface area contributed by atoms with Crippen LogP contribution in [0.4, 0.5) is 0 Å². The van der Waals surface area contributed by atoms with Crippen molar-refractivity contribution in [1.82, 2.24) is 0 Å². The van der Waals surface area contributed by atoms with E-state index in [1.54, 1.807) is 7.11 Å². The quantitative estimate of drug-likeness (QED) is 0.590. The van der Waals surface area contributed by atoms with Gasteiger partial charge in [-0.1, -0.05) is 68.3 Å². The zero-order valence-corrected chi connectivity index (χ0v) is 13.0. The Hall–Kier alpha value is -2.02. The van der Waals surface area contributed by atoms with Gasteiger partial charge in [0.1, 0.15) is 5.75 Å². The van der Waals surface area contributed by atoms with Gasteiger partial charge in [-0.05, 0) is 41.7 Å². The van der Waals surface area contributed by atoms with E-state index >= 15 is 0 Å².